The van der Waals surface area contributed by atoms with Crippen LogP contribution >= 0.6 is 0 Å². The lowest BCUT2D eigenvalue weighted by Gasteiger charge is -2.11. The standard InChI is InChI=1S/C12H18N2O/c1-3-8(2)9-4-6-10(7-5-9)11(13)12(14)15/h4-8,11H,3,13H2,1-2H3,(H2,14,15). The molecule has 0 bridgehead atoms. The highest BCUT2D eigenvalue weighted by atomic mass is 16.1. The molecule has 0 aromatic heterocycles. The van der Waals surface area contributed by atoms with Crippen molar-refractivity contribution in [1.29, 1.82) is 0 Å². The Hall–Kier alpha value is -1.35. The predicted molar refractivity (Wildman–Crippen MR) is 61.3 cm³/mol. The van der Waals surface area contributed by atoms with Crippen molar-refractivity contribution in [2.45, 2.75) is 32.2 Å². The zero-order valence-electron chi connectivity index (χ0n) is 9.23. The maximum absolute atomic E-state index is 10.9. The molecule has 3 heteroatoms. The number of amides is 1. The molecule has 0 aliphatic rings. The second-order valence-electron chi connectivity index (χ2n) is 3.86. The van der Waals surface area contributed by atoms with E-state index >= 15 is 0 Å². The van der Waals surface area contributed by atoms with Gasteiger partial charge in [-0.05, 0) is 23.5 Å². The molecular formula is C12H18N2O. The molecule has 2 unspecified atom stereocenters. The Morgan fingerprint density at radius 2 is 1.73 bits per heavy atom. The van der Waals surface area contributed by atoms with E-state index in [4.69, 9.17) is 11.5 Å². The molecule has 0 saturated carbocycles. The predicted octanol–water partition coefficient (Wildman–Crippen LogP) is 1.69. The zero-order chi connectivity index (χ0) is 11.4. The van der Waals surface area contributed by atoms with Gasteiger partial charge < -0.3 is 11.5 Å². The van der Waals surface area contributed by atoms with Crippen molar-refractivity contribution in [3.8, 4) is 0 Å². The summed E-state index contributed by atoms with van der Waals surface area (Å²) < 4.78 is 0. The highest BCUT2D eigenvalue weighted by Gasteiger charge is 2.12. The quantitative estimate of drug-likeness (QED) is 0.787. The minimum Gasteiger partial charge on any atom is -0.368 e. The molecule has 0 radical (unpaired) electrons. The van der Waals surface area contributed by atoms with Crippen LogP contribution in [-0.4, -0.2) is 5.91 Å². The first-order chi connectivity index (χ1) is 7.06. The van der Waals surface area contributed by atoms with Crippen molar-refractivity contribution in [2.75, 3.05) is 0 Å². The van der Waals surface area contributed by atoms with Gasteiger partial charge in [0.1, 0.15) is 6.04 Å². The molecule has 0 spiro atoms. The van der Waals surface area contributed by atoms with Crippen molar-refractivity contribution < 1.29 is 4.79 Å². The van der Waals surface area contributed by atoms with Gasteiger partial charge in [0.05, 0.1) is 0 Å². The summed E-state index contributed by atoms with van der Waals surface area (Å²) in [7, 11) is 0. The second kappa shape index (κ2) is 4.94. The number of carbonyl (C=O) groups is 1. The first-order valence-corrected chi connectivity index (χ1v) is 5.21. The fraction of sp³-hybridized carbons (Fsp3) is 0.417. The molecule has 4 N–H and O–H groups in total. The van der Waals surface area contributed by atoms with Crippen molar-refractivity contribution in [2.24, 2.45) is 11.5 Å². The number of rotatable bonds is 4. The summed E-state index contributed by atoms with van der Waals surface area (Å²) in [6.07, 6.45) is 1.10. The molecule has 15 heavy (non-hydrogen) atoms. The zero-order valence-corrected chi connectivity index (χ0v) is 9.23. The molecule has 1 amide bonds. The lowest BCUT2D eigenvalue weighted by Crippen LogP contribution is -2.28. The number of carbonyl (C=O) groups excluding carboxylic acids is 1. The minimum atomic E-state index is -0.698. The van der Waals surface area contributed by atoms with E-state index in [0.29, 0.717) is 5.92 Å². The van der Waals surface area contributed by atoms with Crippen molar-refractivity contribution in [3.05, 3.63) is 35.4 Å². The molecule has 0 aliphatic heterocycles. The van der Waals surface area contributed by atoms with Crippen LogP contribution in [0.5, 0.6) is 0 Å². The molecule has 1 rings (SSSR count). The number of nitrogens with two attached hydrogens (primary N) is 2. The third kappa shape index (κ3) is 2.80. The molecule has 1 aromatic carbocycles. The summed E-state index contributed by atoms with van der Waals surface area (Å²) in [5, 5.41) is 0. The Morgan fingerprint density at radius 1 is 1.27 bits per heavy atom. The van der Waals surface area contributed by atoms with Crippen molar-refractivity contribution in [1.82, 2.24) is 0 Å². The van der Waals surface area contributed by atoms with Crippen LogP contribution in [0.25, 0.3) is 0 Å². The fourth-order valence-corrected chi connectivity index (χ4v) is 1.43. The van der Waals surface area contributed by atoms with Gasteiger partial charge in [0, 0.05) is 0 Å². The molecule has 0 heterocycles. The van der Waals surface area contributed by atoms with Crippen LogP contribution in [0.3, 0.4) is 0 Å². The summed E-state index contributed by atoms with van der Waals surface area (Å²) >= 11 is 0. The van der Waals surface area contributed by atoms with Crippen molar-refractivity contribution >= 4 is 5.91 Å². The van der Waals surface area contributed by atoms with Crippen molar-refractivity contribution in [3.63, 3.8) is 0 Å². The van der Waals surface area contributed by atoms with Gasteiger partial charge in [-0.15, -0.1) is 0 Å². The molecule has 0 fully saturated rings. The Bertz CT molecular complexity index is 332. The minimum absolute atomic E-state index is 0.494. The van der Waals surface area contributed by atoms with E-state index in [-0.39, 0.29) is 0 Å². The van der Waals surface area contributed by atoms with Gasteiger partial charge in [-0.2, -0.15) is 0 Å². The highest BCUT2D eigenvalue weighted by Crippen LogP contribution is 2.20. The van der Waals surface area contributed by atoms with Gasteiger partial charge in [0.25, 0.3) is 0 Å². The van der Waals surface area contributed by atoms with Crippen LogP contribution in [-0.2, 0) is 4.79 Å². The average Bonchev–Trinajstić information content (AvgIpc) is 2.27. The van der Waals surface area contributed by atoms with E-state index in [1.54, 1.807) is 0 Å². The largest absolute Gasteiger partial charge is 0.368 e. The van der Waals surface area contributed by atoms with Gasteiger partial charge in [0.2, 0.25) is 5.91 Å². The number of hydrogen-bond acceptors (Lipinski definition) is 2. The Kier molecular flexibility index (Phi) is 3.86. The van der Waals surface area contributed by atoms with E-state index in [1.165, 1.54) is 5.56 Å². The van der Waals surface area contributed by atoms with Crippen LogP contribution in [0.15, 0.2) is 24.3 Å². The number of benzene rings is 1. The summed E-state index contributed by atoms with van der Waals surface area (Å²) in [5.74, 6) is 0.0372. The maximum Gasteiger partial charge on any atom is 0.238 e. The molecule has 0 aliphatic carbocycles. The number of hydrogen-bond donors (Lipinski definition) is 2. The van der Waals surface area contributed by atoms with Crippen LogP contribution in [0, 0.1) is 0 Å². The Morgan fingerprint density at radius 3 is 2.13 bits per heavy atom. The molecule has 2 atom stereocenters. The van der Waals surface area contributed by atoms with E-state index in [2.05, 4.69) is 13.8 Å². The Balaban J connectivity index is 2.85. The summed E-state index contributed by atoms with van der Waals surface area (Å²) in [5.41, 5.74) is 12.8. The van der Waals surface area contributed by atoms with Gasteiger partial charge in [-0.3, -0.25) is 4.79 Å². The van der Waals surface area contributed by atoms with Gasteiger partial charge in [-0.1, -0.05) is 38.1 Å². The summed E-state index contributed by atoms with van der Waals surface area (Å²) in [6, 6.07) is 7.06. The second-order valence-corrected chi connectivity index (χ2v) is 3.86. The molecular weight excluding hydrogens is 188 g/mol. The lowest BCUT2D eigenvalue weighted by atomic mass is 9.96. The van der Waals surface area contributed by atoms with Crippen LogP contribution in [0.1, 0.15) is 43.4 Å². The number of primary amides is 1. The van der Waals surface area contributed by atoms with Crippen LogP contribution in [0.2, 0.25) is 0 Å². The van der Waals surface area contributed by atoms with Gasteiger partial charge in [0.15, 0.2) is 0 Å². The highest BCUT2D eigenvalue weighted by molar-refractivity contribution is 5.81. The molecule has 1 aromatic rings. The maximum atomic E-state index is 10.9. The van der Waals surface area contributed by atoms with Gasteiger partial charge >= 0.3 is 0 Å². The fourth-order valence-electron chi connectivity index (χ4n) is 1.43. The summed E-state index contributed by atoms with van der Waals surface area (Å²) in [4.78, 5) is 10.9. The van der Waals surface area contributed by atoms with E-state index < -0.39 is 11.9 Å². The van der Waals surface area contributed by atoms with Crippen LogP contribution in [0.4, 0.5) is 0 Å². The SMILES string of the molecule is CCC(C)c1ccc(C(N)C(N)=O)cc1. The topological polar surface area (TPSA) is 69.1 Å². The normalized spacial score (nSPS) is 14.6. The third-order valence-electron chi connectivity index (χ3n) is 2.78. The summed E-state index contributed by atoms with van der Waals surface area (Å²) in [6.45, 7) is 4.32. The lowest BCUT2D eigenvalue weighted by molar-refractivity contribution is -0.119. The Labute approximate surface area is 90.5 Å². The van der Waals surface area contributed by atoms with Gasteiger partial charge in [-0.25, -0.2) is 0 Å². The van der Waals surface area contributed by atoms with E-state index in [1.807, 2.05) is 24.3 Å². The molecule has 0 saturated heterocycles. The first-order valence-electron chi connectivity index (χ1n) is 5.21. The first kappa shape index (κ1) is 11.7. The van der Waals surface area contributed by atoms with Crippen LogP contribution < -0.4 is 11.5 Å². The molecule has 3 nitrogen and oxygen atoms in total. The average molecular weight is 206 g/mol. The smallest absolute Gasteiger partial charge is 0.238 e. The molecule has 82 valence electrons. The third-order valence-corrected chi connectivity index (χ3v) is 2.78. The monoisotopic (exact) mass is 206 g/mol. The van der Waals surface area contributed by atoms with E-state index in [9.17, 15) is 4.79 Å². The van der Waals surface area contributed by atoms with E-state index in [0.717, 1.165) is 12.0 Å².